The van der Waals surface area contributed by atoms with Crippen LogP contribution in [0.1, 0.15) is 84.6 Å². The minimum Gasteiger partial charge on any atom is -0.391 e. The highest BCUT2D eigenvalue weighted by molar-refractivity contribution is 5.98. The summed E-state index contributed by atoms with van der Waals surface area (Å²) in [6.07, 6.45) is -2.89. The molecule has 0 bridgehead atoms. The number of nitrogens with one attached hydrogen (secondary N) is 9. The van der Waals surface area contributed by atoms with Gasteiger partial charge in [-0.2, -0.15) is 0 Å². The molecule has 21 N–H and O–H groups in total. The zero-order valence-electron chi connectivity index (χ0n) is 40.7. The van der Waals surface area contributed by atoms with E-state index in [1.165, 1.54) is 13.8 Å². The number of nitrogens with two attached hydrogens (primary N) is 5. The standard InChI is InChI=1S/C45H78N14O11/c1-24(2)22-33-42(67)55-29(13-17-46)38(63)54-32(16-20-49)41(66)59-36(26(4)61)45(70)51-21-9-8-12-28(52-39(64)31(15-19-48)56-44(69)35(50)25(3)60)37(62)53-30(14-18-47)40(65)58-34(43(68)57-33)23-27-10-6-5-7-11-27/h5-7,10-11,24-26,28-36,60-61H,8-9,12-23,46-50H2,1-4H3,(H,51,70)(H,52,64)(H,53,62)(H,54,63)(H,55,67)(H,56,69)(H,57,68)(H,58,65)(H,59,66)/t25-,26-,28+,29+,30+,31+,32+,33+,34-,35+,36+/m1/s1. The number of hydrogen-bond donors (Lipinski definition) is 16. The summed E-state index contributed by atoms with van der Waals surface area (Å²) in [4.78, 5) is 124. The monoisotopic (exact) mass is 991 g/mol. The first kappa shape index (κ1) is 60.3. The van der Waals surface area contributed by atoms with Crippen molar-refractivity contribution in [3.8, 4) is 0 Å². The summed E-state index contributed by atoms with van der Waals surface area (Å²) in [6.45, 7) is 5.74. The van der Waals surface area contributed by atoms with Crippen LogP contribution in [0.3, 0.4) is 0 Å². The normalized spacial score (nSPS) is 24.9. The number of carbonyl (C=O) groups excluding carboxylic acids is 9. The average Bonchev–Trinajstić information content (AvgIpc) is 3.30. The maximum absolute atomic E-state index is 14.3. The van der Waals surface area contributed by atoms with Crippen molar-refractivity contribution in [2.75, 3.05) is 32.7 Å². The van der Waals surface area contributed by atoms with Crippen LogP contribution in [0.15, 0.2) is 30.3 Å². The SMILES string of the molecule is CC(C)C[C@@H]1NC(=O)[C@@H](Cc2ccccc2)NC(=O)[C@H](CCN)NC(=O)[C@@H](NC(=O)[C@H](CCN)NC(=O)[C@@H](N)[C@@H](C)O)CCCCNC(=O)[C@H]([C@@H](C)O)NC(=O)[C@H](CCN)NC(=O)[C@H](CCN)NC1=O. The third kappa shape index (κ3) is 20.6. The molecular formula is C45H78N14O11. The van der Waals surface area contributed by atoms with E-state index >= 15 is 0 Å². The van der Waals surface area contributed by atoms with Gasteiger partial charge in [-0.15, -0.1) is 0 Å². The lowest BCUT2D eigenvalue weighted by atomic mass is 10.00. The van der Waals surface area contributed by atoms with Gasteiger partial charge in [0.1, 0.15) is 54.4 Å². The van der Waals surface area contributed by atoms with E-state index in [-0.39, 0.29) is 96.4 Å². The lowest BCUT2D eigenvalue weighted by molar-refractivity contribution is -0.136. The molecule has 1 fully saturated rings. The van der Waals surface area contributed by atoms with Gasteiger partial charge in [-0.1, -0.05) is 44.2 Å². The number of aliphatic hydroxyl groups is 2. The molecule has 0 aromatic heterocycles. The quantitative estimate of drug-likeness (QED) is 0.0651. The molecule has 1 aliphatic rings. The van der Waals surface area contributed by atoms with Crippen molar-refractivity contribution >= 4 is 53.2 Å². The third-order valence-electron chi connectivity index (χ3n) is 11.3. The molecule has 25 heteroatoms. The largest absolute Gasteiger partial charge is 0.391 e. The Morgan fingerprint density at radius 2 is 1.11 bits per heavy atom. The lowest BCUT2D eigenvalue weighted by Gasteiger charge is -2.28. The second kappa shape index (κ2) is 31.4. The number of aliphatic hydroxyl groups excluding tert-OH is 2. The van der Waals surface area contributed by atoms with E-state index in [1.807, 2.05) is 0 Å². The maximum Gasteiger partial charge on any atom is 0.245 e. The van der Waals surface area contributed by atoms with Gasteiger partial charge in [0.15, 0.2) is 0 Å². The first-order valence-electron chi connectivity index (χ1n) is 23.8. The molecule has 0 aliphatic carbocycles. The van der Waals surface area contributed by atoms with Gasteiger partial charge < -0.3 is 86.7 Å². The van der Waals surface area contributed by atoms with E-state index in [4.69, 9.17) is 28.7 Å². The molecule has 1 aromatic rings. The van der Waals surface area contributed by atoms with E-state index in [0.29, 0.717) is 5.56 Å². The van der Waals surface area contributed by atoms with Gasteiger partial charge in [0.25, 0.3) is 0 Å². The highest BCUT2D eigenvalue weighted by Crippen LogP contribution is 2.11. The van der Waals surface area contributed by atoms with Crippen molar-refractivity contribution in [3.63, 3.8) is 0 Å². The van der Waals surface area contributed by atoms with Gasteiger partial charge in [0.05, 0.1) is 12.2 Å². The van der Waals surface area contributed by atoms with Gasteiger partial charge in [-0.3, -0.25) is 43.2 Å². The number of hydrogen-bond acceptors (Lipinski definition) is 16. The predicted octanol–water partition coefficient (Wildman–Crippen LogP) is -6.06. The second-order valence-corrected chi connectivity index (χ2v) is 17.8. The van der Waals surface area contributed by atoms with E-state index < -0.39 is 120 Å². The Hall–Kier alpha value is -5.83. The molecule has 2 rings (SSSR count). The van der Waals surface area contributed by atoms with E-state index in [9.17, 15) is 53.4 Å². The minimum absolute atomic E-state index is 0.0480. The van der Waals surface area contributed by atoms with Crippen molar-refractivity contribution in [2.24, 2.45) is 34.6 Å². The van der Waals surface area contributed by atoms with Crippen LogP contribution >= 0.6 is 0 Å². The zero-order valence-corrected chi connectivity index (χ0v) is 40.7. The molecule has 1 saturated heterocycles. The highest BCUT2D eigenvalue weighted by Gasteiger charge is 2.36. The zero-order chi connectivity index (χ0) is 52.5. The predicted molar refractivity (Wildman–Crippen MR) is 258 cm³/mol. The Bertz CT molecular complexity index is 1880. The van der Waals surface area contributed by atoms with Crippen LogP contribution in [0.2, 0.25) is 0 Å². The number of carbonyl (C=O) groups is 9. The lowest BCUT2D eigenvalue weighted by Crippen LogP contribution is -2.61. The highest BCUT2D eigenvalue weighted by atomic mass is 16.3. The van der Waals surface area contributed by atoms with Crippen LogP contribution in [0.5, 0.6) is 0 Å². The molecular weight excluding hydrogens is 913 g/mol. The van der Waals surface area contributed by atoms with Crippen LogP contribution in [0, 0.1) is 5.92 Å². The summed E-state index contributed by atoms with van der Waals surface area (Å²) in [5, 5.41) is 43.8. The molecule has 1 aliphatic heterocycles. The van der Waals surface area contributed by atoms with Crippen molar-refractivity contribution in [2.45, 2.75) is 152 Å². The molecule has 0 saturated carbocycles. The Kier molecular flexibility index (Phi) is 27.1. The molecule has 1 heterocycles. The van der Waals surface area contributed by atoms with Crippen LogP contribution in [-0.2, 0) is 49.6 Å². The maximum atomic E-state index is 14.3. The van der Waals surface area contributed by atoms with E-state index in [2.05, 4.69) is 47.9 Å². The summed E-state index contributed by atoms with van der Waals surface area (Å²) in [7, 11) is 0. The van der Waals surface area contributed by atoms with E-state index in [1.54, 1.807) is 44.2 Å². The van der Waals surface area contributed by atoms with Crippen molar-refractivity contribution in [1.29, 1.82) is 0 Å². The summed E-state index contributed by atoms with van der Waals surface area (Å²) >= 11 is 0. The van der Waals surface area contributed by atoms with Gasteiger partial charge in [0, 0.05) is 13.0 Å². The van der Waals surface area contributed by atoms with Crippen molar-refractivity contribution < 1.29 is 53.4 Å². The smallest absolute Gasteiger partial charge is 0.245 e. The topological polar surface area (TPSA) is 432 Å². The van der Waals surface area contributed by atoms with Gasteiger partial charge in [0.2, 0.25) is 53.2 Å². The second-order valence-electron chi connectivity index (χ2n) is 17.8. The van der Waals surface area contributed by atoms with Crippen LogP contribution in [-0.4, -0.2) is 163 Å². The fraction of sp³-hybridized carbons (Fsp3) is 0.667. The molecule has 0 spiro atoms. The Labute approximate surface area is 408 Å². The third-order valence-corrected chi connectivity index (χ3v) is 11.3. The summed E-state index contributed by atoms with van der Waals surface area (Å²) < 4.78 is 0. The molecule has 0 unspecified atom stereocenters. The molecule has 394 valence electrons. The van der Waals surface area contributed by atoms with Crippen molar-refractivity contribution in [3.05, 3.63) is 35.9 Å². The minimum atomic E-state index is -1.51. The molecule has 25 nitrogen and oxygen atoms in total. The molecule has 9 amide bonds. The van der Waals surface area contributed by atoms with Crippen LogP contribution < -0.4 is 76.5 Å². The average molecular weight is 991 g/mol. The Balaban J connectivity index is 2.69. The summed E-state index contributed by atoms with van der Waals surface area (Å²) in [5.41, 5.74) is 29.7. The van der Waals surface area contributed by atoms with Crippen LogP contribution in [0.4, 0.5) is 0 Å². The fourth-order valence-corrected chi connectivity index (χ4v) is 7.35. The molecule has 11 atom stereocenters. The number of amides is 9. The first-order chi connectivity index (χ1) is 33.2. The Morgan fingerprint density at radius 3 is 1.61 bits per heavy atom. The van der Waals surface area contributed by atoms with Crippen LogP contribution in [0.25, 0.3) is 0 Å². The van der Waals surface area contributed by atoms with Gasteiger partial charge in [-0.25, -0.2) is 0 Å². The van der Waals surface area contributed by atoms with E-state index in [0.717, 1.165) is 0 Å². The number of benzene rings is 1. The number of rotatable bonds is 18. The van der Waals surface area contributed by atoms with Gasteiger partial charge >= 0.3 is 0 Å². The Morgan fingerprint density at radius 1 is 0.629 bits per heavy atom. The fourth-order valence-electron chi connectivity index (χ4n) is 7.35. The summed E-state index contributed by atoms with van der Waals surface area (Å²) in [5.74, 6) is -7.62. The molecule has 1 aromatic carbocycles. The summed E-state index contributed by atoms with van der Waals surface area (Å²) in [6, 6.07) is -3.55. The van der Waals surface area contributed by atoms with Crippen molar-refractivity contribution in [1.82, 2.24) is 47.9 Å². The molecule has 0 radical (unpaired) electrons. The molecule has 70 heavy (non-hydrogen) atoms. The first-order valence-corrected chi connectivity index (χ1v) is 23.8. The van der Waals surface area contributed by atoms with Gasteiger partial charge in [-0.05, 0) is 103 Å².